The van der Waals surface area contributed by atoms with Gasteiger partial charge >= 0.3 is 5.69 Å². The summed E-state index contributed by atoms with van der Waals surface area (Å²) in [5, 5.41) is 6.33. The van der Waals surface area contributed by atoms with E-state index in [1.807, 2.05) is 18.2 Å². The van der Waals surface area contributed by atoms with Crippen molar-refractivity contribution < 1.29 is 14.3 Å². The van der Waals surface area contributed by atoms with Crippen LogP contribution in [-0.2, 0) is 25.3 Å². The van der Waals surface area contributed by atoms with Gasteiger partial charge in [0.1, 0.15) is 5.56 Å². The van der Waals surface area contributed by atoms with Gasteiger partial charge < -0.3 is 19.9 Å². The SMILES string of the molecule is COc1nc(-c2cccc(-c3cccc(NC(=O)c4cn(C)c(=O)n(C)c4=O)c3Cl)c2Cl)cc2c1[C@H](N1CC3(CCNC3=O)C1)CC2. The predicted molar refractivity (Wildman–Crippen MR) is 179 cm³/mol. The number of anilines is 1. The molecule has 2 aromatic carbocycles. The van der Waals surface area contributed by atoms with Crippen LogP contribution in [0.15, 0.2) is 58.3 Å². The summed E-state index contributed by atoms with van der Waals surface area (Å²) in [6.45, 7) is 2.22. The van der Waals surface area contributed by atoms with Crippen LogP contribution in [0.25, 0.3) is 22.4 Å². The topological polar surface area (TPSA) is 128 Å². The summed E-state index contributed by atoms with van der Waals surface area (Å²) >= 11 is 13.9. The highest BCUT2D eigenvalue weighted by Gasteiger charge is 2.54. The van der Waals surface area contributed by atoms with Crippen LogP contribution >= 0.6 is 23.2 Å². The zero-order valence-corrected chi connectivity index (χ0v) is 27.5. The second-order valence-electron chi connectivity index (χ2n) is 12.4. The number of fused-ring (bicyclic) bond motifs is 1. The third-order valence-electron chi connectivity index (χ3n) is 9.65. The van der Waals surface area contributed by atoms with Crippen LogP contribution in [0.5, 0.6) is 5.88 Å². The van der Waals surface area contributed by atoms with Gasteiger partial charge in [-0.1, -0.05) is 53.5 Å². The monoisotopic (exact) mass is 674 g/mol. The lowest BCUT2D eigenvalue weighted by Gasteiger charge is -2.49. The number of methoxy groups -OCH3 is 1. The molecule has 242 valence electrons. The molecule has 2 fully saturated rings. The van der Waals surface area contributed by atoms with Crippen molar-refractivity contribution in [2.45, 2.75) is 25.3 Å². The highest BCUT2D eigenvalue weighted by atomic mass is 35.5. The fourth-order valence-corrected chi connectivity index (χ4v) is 7.74. The lowest BCUT2D eigenvalue weighted by atomic mass is 9.77. The molecule has 0 unspecified atom stereocenters. The van der Waals surface area contributed by atoms with E-state index in [0.717, 1.165) is 59.2 Å². The number of hydrogen-bond acceptors (Lipinski definition) is 7. The molecule has 4 aromatic rings. The zero-order chi connectivity index (χ0) is 33.2. The number of nitrogens with zero attached hydrogens (tertiary/aromatic N) is 4. The Morgan fingerprint density at radius 1 is 1.04 bits per heavy atom. The van der Waals surface area contributed by atoms with E-state index in [4.69, 9.17) is 32.9 Å². The first-order valence-electron chi connectivity index (χ1n) is 15.3. The summed E-state index contributed by atoms with van der Waals surface area (Å²) < 4.78 is 7.87. The number of nitrogens with one attached hydrogen (secondary N) is 2. The number of halogens is 2. The van der Waals surface area contributed by atoms with E-state index < -0.39 is 17.2 Å². The van der Waals surface area contributed by atoms with Gasteiger partial charge in [0.05, 0.1) is 34.0 Å². The number of carbonyl (C=O) groups is 2. The van der Waals surface area contributed by atoms with E-state index in [-0.39, 0.29) is 33.6 Å². The molecule has 1 spiro atoms. The van der Waals surface area contributed by atoms with Crippen LogP contribution < -0.4 is 26.6 Å². The third kappa shape index (κ3) is 5.04. The Labute approximate surface area is 280 Å². The molecule has 0 bridgehead atoms. The summed E-state index contributed by atoms with van der Waals surface area (Å²) in [5.74, 6) is 0.00311. The summed E-state index contributed by atoms with van der Waals surface area (Å²) in [4.78, 5) is 57.5. The lowest BCUT2D eigenvalue weighted by molar-refractivity contribution is -0.139. The summed E-state index contributed by atoms with van der Waals surface area (Å²) in [6, 6.07) is 12.9. The quantitative estimate of drug-likeness (QED) is 0.314. The van der Waals surface area contributed by atoms with Gasteiger partial charge in [0.15, 0.2) is 0 Å². The van der Waals surface area contributed by atoms with Gasteiger partial charge in [-0.25, -0.2) is 9.78 Å². The summed E-state index contributed by atoms with van der Waals surface area (Å²) in [6.07, 6.45) is 3.85. The standard InChI is InChI=1S/C34H32Cl2N6O5/c1-40-15-22(31(44)41(2)33(40)46)29(43)38-23-9-5-7-20(28(23)36)19-6-4-8-21(27(19)35)24-14-18-10-11-25(26(18)30(39-24)47-3)42-16-34(17-42)12-13-37-32(34)45/h4-9,14-15,25H,10-13,16-17H2,1-3H3,(H,37,45)(H,38,43)/t25-/m1/s1. The molecule has 3 aliphatic rings. The van der Waals surface area contributed by atoms with Crippen molar-refractivity contribution in [2.75, 3.05) is 32.1 Å². The Bertz CT molecular complexity index is 2100. The Morgan fingerprint density at radius 2 is 1.74 bits per heavy atom. The average Bonchev–Trinajstić information content (AvgIpc) is 3.65. The zero-order valence-electron chi connectivity index (χ0n) is 26.0. The lowest BCUT2D eigenvalue weighted by Crippen LogP contribution is -2.60. The van der Waals surface area contributed by atoms with Gasteiger partial charge in [0.25, 0.3) is 11.5 Å². The minimum atomic E-state index is -0.716. The number of likely N-dealkylation sites (tertiary alicyclic amines) is 1. The van der Waals surface area contributed by atoms with Crippen LogP contribution in [0.1, 0.15) is 40.4 Å². The molecule has 2 amide bonds. The first-order valence-corrected chi connectivity index (χ1v) is 16.0. The maximum Gasteiger partial charge on any atom is 0.330 e. The predicted octanol–water partition coefficient (Wildman–Crippen LogP) is 4.19. The van der Waals surface area contributed by atoms with Gasteiger partial charge in [-0.3, -0.25) is 23.9 Å². The van der Waals surface area contributed by atoms with Gasteiger partial charge in [-0.2, -0.15) is 0 Å². The normalized spacial score (nSPS) is 18.1. The molecule has 1 atom stereocenters. The minimum Gasteiger partial charge on any atom is -0.481 e. The number of benzene rings is 2. The number of ether oxygens (including phenoxy) is 1. The van der Waals surface area contributed by atoms with Crippen LogP contribution in [0, 0.1) is 5.41 Å². The van der Waals surface area contributed by atoms with Crippen molar-refractivity contribution in [1.29, 1.82) is 0 Å². The van der Waals surface area contributed by atoms with Crippen LogP contribution in [0.2, 0.25) is 10.0 Å². The molecule has 13 heteroatoms. The van der Waals surface area contributed by atoms with E-state index in [9.17, 15) is 19.2 Å². The number of rotatable bonds is 6. The average molecular weight is 676 g/mol. The molecule has 0 radical (unpaired) electrons. The Morgan fingerprint density at radius 3 is 2.45 bits per heavy atom. The molecule has 0 saturated carbocycles. The molecule has 2 saturated heterocycles. The van der Waals surface area contributed by atoms with Crippen molar-refractivity contribution in [1.82, 2.24) is 24.3 Å². The van der Waals surface area contributed by atoms with E-state index in [2.05, 4.69) is 21.6 Å². The van der Waals surface area contributed by atoms with Crippen molar-refractivity contribution in [2.24, 2.45) is 19.5 Å². The highest BCUT2D eigenvalue weighted by molar-refractivity contribution is 6.39. The van der Waals surface area contributed by atoms with E-state index in [1.54, 1.807) is 25.3 Å². The Hall–Kier alpha value is -4.45. The number of carbonyl (C=O) groups excluding carboxylic acids is 2. The first kappa shape index (κ1) is 31.2. The molecule has 1 aliphatic carbocycles. The molecule has 7 rings (SSSR count). The maximum absolute atomic E-state index is 13.1. The fraction of sp³-hybridized carbons (Fsp3) is 0.324. The number of aromatic nitrogens is 3. The molecule has 11 nitrogen and oxygen atoms in total. The van der Waals surface area contributed by atoms with Crippen molar-refractivity contribution in [3.8, 4) is 28.3 Å². The summed E-state index contributed by atoms with van der Waals surface area (Å²) in [7, 11) is 4.39. The van der Waals surface area contributed by atoms with E-state index in [0.29, 0.717) is 33.3 Å². The second-order valence-corrected chi connectivity index (χ2v) is 13.2. The number of aryl methyl sites for hydroxylation is 2. The Kier molecular flexibility index (Phi) is 7.73. The molecule has 2 aliphatic heterocycles. The molecule has 47 heavy (non-hydrogen) atoms. The maximum atomic E-state index is 13.1. The van der Waals surface area contributed by atoms with Gasteiger partial charge in [-0.05, 0) is 37.0 Å². The largest absolute Gasteiger partial charge is 0.481 e. The van der Waals surface area contributed by atoms with E-state index >= 15 is 0 Å². The number of hydrogen-bond donors (Lipinski definition) is 2. The minimum absolute atomic E-state index is 0.139. The molecular weight excluding hydrogens is 643 g/mol. The van der Waals surface area contributed by atoms with Crippen molar-refractivity contribution in [3.05, 3.63) is 96.2 Å². The smallest absolute Gasteiger partial charge is 0.330 e. The highest BCUT2D eigenvalue weighted by Crippen LogP contribution is 2.49. The van der Waals surface area contributed by atoms with Crippen LogP contribution in [0.3, 0.4) is 0 Å². The number of amides is 2. The van der Waals surface area contributed by atoms with Gasteiger partial charge in [0.2, 0.25) is 11.8 Å². The van der Waals surface area contributed by atoms with Gasteiger partial charge in [0, 0.05) is 68.2 Å². The third-order valence-corrected chi connectivity index (χ3v) is 10.5. The van der Waals surface area contributed by atoms with Gasteiger partial charge in [-0.15, -0.1) is 0 Å². The van der Waals surface area contributed by atoms with Crippen LogP contribution in [0.4, 0.5) is 5.69 Å². The fourth-order valence-electron chi connectivity index (χ4n) is 7.14. The molecule has 2 N–H and O–H groups in total. The molecular formula is C34H32Cl2N6O5. The first-order chi connectivity index (χ1) is 22.5. The second kappa shape index (κ2) is 11.7. The molecule has 2 aromatic heterocycles. The summed E-state index contributed by atoms with van der Waals surface area (Å²) in [5.41, 5.74) is 3.31. The van der Waals surface area contributed by atoms with Crippen molar-refractivity contribution >= 4 is 40.7 Å². The van der Waals surface area contributed by atoms with Crippen molar-refractivity contribution in [3.63, 3.8) is 0 Å². The van der Waals surface area contributed by atoms with E-state index in [1.165, 1.54) is 20.3 Å². The Balaban J connectivity index is 1.19. The number of pyridine rings is 1. The molecule has 4 heterocycles. The van der Waals surface area contributed by atoms with Crippen LogP contribution in [-0.4, -0.2) is 57.6 Å².